The van der Waals surface area contributed by atoms with Crippen LogP contribution >= 0.6 is 11.6 Å². The first-order chi connectivity index (χ1) is 3.41. The molecular weight excluding hydrogens is 114 g/mol. The summed E-state index contributed by atoms with van der Waals surface area (Å²) in [6.45, 7) is 0.229. The SMILES string of the molecule is O=NCC=CCCl. The van der Waals surface area contributed by atoms with Gasteiger partial charge in [0.05, 0.1) is 6.54 Å². The molecule has 0 heterocycles. The highest BCUT2D eigenvalue weighted by atomic mass is 35.5. The smallest absolute Gasteiger partial charge is 0.0992 e. The number of allylic oxidation sites excluding steroid dienone is 1. The van der Waals surface area contributed by atoms with Crippen LogP contribution in [0.15, 0.2) is 17.3 Å². The minimum absolute atomic E-state index is 0.229. The number of nitroso groups, excluding NO2 is 1. The average molecular weight is 120 g/mol. The third-order valence-electron chi connectivity index (χ3n) is 0.436. The van der Waals surface area contributed by atoms with Gasteiger partial charge in [-0.2, -0.15) is 4.91 Å². The van der Waals surface area contributed by atoms with Crippen molar-refractivity contribution in [2.45, 2.75) is 0 Å². The summed E-state index contributed by atoms with van der Waals surface area (Å²) in [4.78, 5) is 9.34. The Morgan fingerprint density at radius 3 is 2.71 bits per heavy atom. The molecular formula is C4H6ClNO. The van der Waals surface area contributed by atoms with Gasteiger partial charge in [-0.1, -0.05) is 17.3 Å². The predicted molar refractivity (Wildman–Crippen MR) is 30.5 cm³/mol. The first-order valence-electron chi connectivity index (χ1n) is 1.92. The van der Waals surface area contributed by atoms with E-state index in [1.54, 1.807) is 12.2 Å². The van der Waals surface area contributed by atoms with E-state index < -0.39 is 0 Å². The molecule has 0 fully saturated rings. The summed E-state index contributed by atoms with van der Waals surface area (Å²) in [6, 6.07) is 0. The molecule has 0 aliphatic rings. The molecule has 0 aliphatic heterocycles. The number of rotatable bonds is 3. The van der Waals surface area contributed by atoms with E-state index >= 15 is 0 Å². The van der Waals surface area contributed by atoms with Gasteiger partial charge in [-0.05, 0) is 0 Å². The van der Waals surface area contributed by atoms with Gasteiger partial charge >= 0.3 is 0 Å². The normalized spacial score (nSPS) is 9.86. The Labute approximate surface area is 47.1 Å². The van der Waals surface area contributed by atoms with E-state index in [0.717, 1.165) is 0 Å². The molecule has 0 radical (unpaired) electrons. The topological polar surface area (TPSA) is 29.4 Å². The van der Waals surface area contributed by atoms with Gasteiger partial charge < -0.3 is 0 Å². The van der Waals surface area contributed by atoms with E-state index in [2.05, 4.69) is 5.18 Å². The predicted octanol–water partition coefficient (Wildman–Crippen LogP) is 1.55. The summed E-state index contributed by atoms with van der Waals surface area (Å²) in [6.07, 6.45) is 3.31. The molecule has 0 aromatic carbocycles. The van der Waals surface area contributed by atoms with E-state index in [0.29, 0.717) is 5.88 Å². The van der Waals surface area contributed by atoms with Gasteiger partial charge in [0, 0.05) is 5.88 Å². The third-order valence-corrected chi connectivity index (χ3v) is 0.614. The molecule has 3 heteroatoms. The van der Waals surface area contributed by atoms with Gasteiger partial charge in [-0.25, -0.2) is 0 Å². The third kappa shape index (κ3) is 5.63. The molecule has 0 amide bonds. The fourth-order valence-electron chi connectivity index (χ4n) is 0.181. The minimum atomic E-state index is 0.229. The molecule has 7 heavy (non-hydrogen) atoms. The zero-order valence-corrected chi connectivity index (χ0v) is 4.56. The van der Waals surface area contributed by atoms with Crippen LogP contribution in [0.25, 0.3) is 0 Å². The summed E-state index contributed by atoms with van der Waals surface area (Å²) >= 11 is 5.21. The van der Waals surface area contributed by atoms with Crippen molar-refractivity contribution in [2.24, 2.45) is 5.18 Å². The molecule has 0 aromatic heterocycles. The lowest BCUT2D eigenvalue weighted by molar-refractivity contribution is 1.22. The second kappa shape index (κ2) is 5.63. The molecule has 0 aliphatic carbocycles. The second-order valence-electron chi connectivity index (χ2n) is 0.937. The average Bonchev–Trinajstić information content (AvgIpc) is 1.69. The van der Waals surface area contributed by atoms with Crippen molar-refractivity contribution in [3.63, 3.8) is 0 Å². The molecule has 0 N–H and O–H groups in total. The van der Waals surface area contributed by atoms with Crippen molar-refractivity contribution in [3.05, 3.63) is 17.1 Å². The molecule has 0 aromatic rings. The lowest BCUT2D eigenvalue weighted by atomic mass is 10.5. The van der Waals surface area contributed by atoms with Crippen molar-refractivity contribution in [2.75, 3.05) is 12.4 Å². The number of hydrogen-bond acceptors (Lipinski definition) is 2. The summed E-state index contributed by atoms with van der Waals surface area (Å²) in [5.74, 6) is 0.454. The molecule has 0 unspecified atom stereocenters. The van der Waals surface area contributed by atoms with E-state index in [-0.39, 0.29) is 6.54 Å². The first kappa shape index (κ1) is 6.63. The lowest BCUT2D eigenvalue weighted by Crippen LogP contribution is -1.66. The molecule has 0 saturated heterocycles. The summed E-state index contributed by atoms with van der Waals surface area (Å²) < 4.78 is 0. The van der Waals surface area contributed by atoms with Gasteiger partial charge in [0.2, 0.25) is 0 Å². The zero-order valence-electron chi connectivity index (χ0n) is 3.80. The summed E-state index contributed by atoms with van der Waals surface area (Å²) in [5.41, 5.74) is 0. The Kier molecular flexibility index (Phi) is 5.33. The Morgan fingerprint density at radius 1 is 1.57 bits per heavy atom. The highest BCUT2D eigenvalue weighted by Crippen LogP contribution is 1.77. The van der Waals surface area contributed by atoms with E-state index in [4.69, 9.17) is 11.6 Å². The van der Waals surface area contributed by atoms with Crippen LogP contribution in [0.5, 0.6) is 0 Å². The van der Waals surface area contributed by atoms with Crippen molar-refractivity contribution < 1.29 is 0 Å². The zero-order chi connectivity index (χ0) is 5.54. The number of alkyl halides is 1. The van der Waals surface area contributed by atoms with Crippen LogP contribution in [0.3, 0.4) is 0 Å². The van der Waals surface area contributed by atoms with Gasteiger partial charge in [-0.3, -0.25) is 0 Å². The highest BCUT2D eigenvalue weighted by Gasteiger charge is 1.68. The van der Waals surface area contributed by atoms with Crippen LogP contribution in [0.1, 0.15) is 0 Å². The summed E-state index contributed by atoms with van der Waals surface area (Å²) in [7, 11) is 0. The fourth-order valence-corrected chi connectivity index (χ4v) is 0.307. The largest absolute Gasteiger partial charge is 0.150 e. The van der Waals surface area contributed by atoms with Crippen molar-refractivity contribution in [1.29, 1.82) is 0 Å². The quantitative estimate of drug-likeness (QED) is 0.315. The Bertz CT molecular complexity index is 72.1. The standard InChI is InChI=1S/C4H6ClNO/c5-3-1-2-4-6-7/h1-2H,3-4H2. The second-order valence-corrected chi connectivity index (χ2v) is 1.25. The number of halogens is 1. The van der Waals surface area contributed by atoms with Gasteiger partial charge in [-0.15, -0.1) is 11.6 Å². The molecule has 0 spiro atoms. The van der Waals surface area contributed by atoms with Crippen molar-refractivity contribution >= 4 is 11.6 Å². The van der Waals surface area contributed by atoms with Crippen LogP contribution in [0.4, 0.5) is 0 Å². The maximum absolute atomic E-state index is 9.34. The maximum atomic E-state index is 9.34. The molecule has 40 valence electrons. The molecule has 0 atom stereocenters. The van der Waals surface area contributed by atoms with E-state index in [1.807, 2.05) is 0 Å². The maximum Gasteiger partial charge on any atom is 0.0992 e. The van der Waals surface area contributed by atoms with Crippen LogP contribution in [0, 0.1) is 4.91 Å². The molecule has 0 rings (SSSR count). The van der Waals surface area contributed by atoms with Crippen LogP contribution in [-0.2, 0) is 0 Å². The van der Waals surface area contributed by atoms with E-state index in [1.165, 1.54) is 0 Å². The van der Waals surface area contributed by atoms with Gasteiger partial charge in [0.25, 0.3) is 0 Å². The monoisotopic (exact) mass is 119 g/mol. The lowest BCUT2D eigenvalue weighted by Gasteiger charge is -1.70. The first-order valence-corrected chi connectivity index (χ1v) is 2.45. The fraction of sp³-hybridized carbons (Fsp3) is 0.500. The van der Waals surface area contributed by atoms with Crippen LogP contribution in [-0.4, -0.2) is 12.4 Å². The molecule has 0 bridgehead atoms. The number of hydrogen-bond donors (Lipinski definition) is 0. The number of nitrogens with zero attached hydrogens (tertiary/aromatic N) is 1. The van der Waals surface area contributed by atoms with Crippen LogP contribution in [0.2, 0.25) is 0 Å². The van der Waals surface area contributed by atoms with Crippen LogP contribution < -0.4 is 0 Å². The molecule has 2 nitrogen and oxygen atoms in total. The van der Waals surface area contributed by atoms with Crippen molar-refractivity contribution in [1.82, 2.24) is 0 Å². The van der Waals surface area contributed by atoms with Gasteiger partial charge in [0.1, 0.15) is 0 Å². The van der Waals surface area contributed by atoms with E-state index in [9.17, 15) is 4.91 Å². The minimum Gasteiger partial charge on any atom is -0.150 e. The Hall–Kier alpha value is -0.370. The summed E-state index contributed by atoms with van der Waals surface area (Å²) in [5, 5.41) is 2.58. The Morgan fingerprint density at radius 2 is 2.29 bits per heavy atom. The Balaban J connectivity index is 2.92. The van der Waals surface area contributed by atoms with Crippen molar-refractivity contribution in [3.8, 4) is 0 Å². The highest BCUT2D eigenvalue weighted by molar-refractivity contribution is 6.18. The molecule has 0 saturated carbocycles. The van der Waals surface area contributed by atoms with Gasteiger partial charge in [0.15, 0.2) is 0 Å².